The molecule has 2 rings (SSSR count). The van der Waals surface area contributed by atoms with Crippen LogP contribution >= 0.6 is 0 Å². The molecule has 74 valence electrons. The zero-order chi connectivity index (χ0) is 11.2. The van der Waals surface area contributed by atoms with Crippen LogP contribution in [0, 0.1) is 23.2 Å². The van der Waals surface area contributed by atoms with Gasteiger partial charge >= 0.3 is 0 Å². The van der Waals surface area contributed by atoms with Gasteiger partial charge in [0.15, 0.2) is 0 Å². The fourth-order valence-corrected chi connectivity index (χ4v) is 1.22. The minimum absolute atomic E-state index is 0.389. The fraction of sp³-hybridized carbons (Fsp3) is 0. The van der Waals surface area contributed by atoms with Gasteiger partial charge in [-0.2, -0.15) is 5.26 Å². The molecular weight excluding hydrogens is 196 g/mol. The Labute approximate surface area is 94.2 Å². The topological polar surface area (TPSA) is 36.7 Å². The number of nitrogens with zero attached hydrogens (tertiary/aromatic N) is 2. The fourth-order valence-electron chi connectivity index (χ4n) is 1.22. The average Bonchev–Trinajstić information content (AvgIpc) is 2.38. The third kappa shape index (κ3) is 2.47. The summed E-state index contributed by atoms with van der Waals surface area (Å²) in [6.45, 7) is 0. The van der Waals surface area contributed by atoms with Crippen molar-refractivity contribution in [2.24, 2.45) is 0 Å². The molecule has 0 aliphatic heterocycles. The molecule has 0 radical (unpaired) electrons. The summed E-state index contributed by atoms with van der Waals surface area (Å²) in [5.41, 5.74) is 1.94. The smallest absolute Gasteiger partial charge is 0.141 e. The van der Waals surface area contributed by atoms with Crippen LogP contribution in [0.2, 0.25) is 0 Å². The van der Waals surface area contributed by atoms with Gasteiger partial charge in [0, 0.05) is 5.56 Å². The summed E-state index contributed by atoms with van der Waals surface area (Å²) in [6.07, 6.45) is 0. The molecule has 0 unspecified atom stereocenters. The van der Waals surface area contributed by atoms with Gasteiger partial charge in [0.25, 0.3) is 0 Å². The van der Waals surface area contributed by atoms with Crippen molar-refractivity contribution in [2.45, 2.75) is 0 Å². The largest absolute Gasteiger partial charge is 0.229 e. The van der Waals surface area contributed by atoms with Crippen LogP contribution in [0.1, 0.15) is 17.0 Å². The Balaban J connectivity index is 2.28. The third-order valence-corrected chi connectivity index (χ3v) is 1.97. The molecule has 0 spiro atoms. The van der Waals surface area contributed by atoms with Gasteiger partial charge in [0.2, 0.25) is 0 Å². The van der Waals surface area contributed by atoms with Crippen LogP contribution in [0.5, 0.6) is 0 Å². The van der Waals surface area contributed by atoms with E-state index in [9.17, 15) is 0 Å². The van der Waals surface area contributed by atoms with Crippen molar-refractivity contribution in [3.05, 3.63) is 65.5 Å². The second kappa shape index (κ2) is 4.77. The molecule has 16 heavy (non-hydrogen) atoms. The summed E-state index contributed by atoms with van der Waals surface area (Å²) in [6, 6.07) is 16.9. The standard InChI is InChI=1S/C14H8N2/c15-11-14-8-4-7-13(16-14)10-9-12-5-2-1-3-6-12/h1-8H. The van der Waals surface area contributed by atoms with E-state index in [2.05, 4.69) is 16.8 Å². The van der Waals surface area contributed by atoms with Crippen LogP contribution in [0.4, 0.5) is 0 Å². The first-order valence-corrected chi connectivity index (χ1v) is 4.83. The number of hydrogen-bond acceptors (Lipinski definition) is 2. The van der Waals surface area contributed by atoms with Crippen molar-refractivity contribution in [3.8, 4) is 17.9 Å². The highest BCUT2D eigenvalue weighted by Crippen LogP contribution is 1.98. The maximum atomic E-state index is 8.69. The van der Waals surface area contributed by atoms with E-state index < -0.39 is 0 Å². The first kappa shape index (κ1) is 9.96. The molecule has 0 saturated carbocycles. The van der Waals surface area contributed by atoms with Crippen LogP contribution in [0.15, 0.2) is 48.5 Å². The molecule has 0 bridgehead atoms. The highest BCUT2D eigenvalue weighted by atomic mass is 14.7. The minimum Gasteiger partial charge on any atom is -0.229 e. The predicted molar refractivity (Wildman–Crippen MR) is 61.4 cm³/mol. The lowest BCUT2D eigenvalue weighted by Crippen LogP contribution is -1.86. The SMILES string of the molecule is N#Cc1cccc(C#Cc2ccccc2)n1. The van der Waals surface area contributed by atoms with E-state index >= 15 is 0 Å². The molecule has 0 N–H and O–H groups in total. The molecule has 1 aromatic carbocycles. The van der Waals surface area contributed by atoms with E-state index in [-0.39, 0.29) is 0 Å². The first-order chi connectivity index (χ1) is 7.88. The van der Waals surface area contributed by atoms with Gasteiger partial charge in [-0.25, -0.2) is 4.98 Å². The molecule has 0 amide bonds. The molecule has 1 aromatic heterocycles. The van der Waals surface area contributed by atoms with Crippen molar-refractivity contribution in [1.29, 1.82) is 5.26 Å². The van der Waals surface area contributed by atoms with E-state index in [0.717, 1.165) is 5.56 Å². The number of rotatable bonds is 0. The first-order valence-electron chi connectivity index (χ1n) is 4.83. The Kier molecular flexibility index (Phi) is 2.97. The molecule has 2 aromatic rings. The Hall–Kier alpha value is -2.58. The van der Waals surface area contributed by atoms with Gasteiger partial charge in [-0.05, 0) is 30.2 Å². The number of benzene rings is 1. The molecule has 0 aliphatic rings. The van der Waals surface area contributed by atoms with E-state index in [1.165, 1.54) is 0 Å². The normalized spacial score (nSPS) is 8.69. The second-order valence-electron chi connectivity index (χ2n) is 3.14. The van der Waals surface area contributed by atoms with E-state index in [4.69, 9.17) is 5.26 Å². The van der Waals surface area contributed by atoms with Crippen LogP contribution in [0.25, 0.3) is 0 Å². The number of hydrogen-bond donors (Lipinski definition) is 0. The van der Waals surface area contributed by atoms with E-state index in [0.29, 0.717) is 11.4 Å². The lowest BCUT2D eigenvalue weighted by Gasteiger charge is -1.90. The van der Waals surface area contributed by atoms with Gasteiger partial charge < -0.3 is 0 Å². The van der Waals surface area contributed by atoms with Crippen LogP contribution in [0.3, 0.4) is 0 Å². The van der Waals surface area contributed by atoms with Gasteiger partial charge in [-0.3, -0.25) is 0 Å². The molecule has 0 atom stereocenters. The quantitative estimate of drug-likeness (QED) is 0.617. The van der Waals surface area contributed by atoms with Crippen LogP contribution in [-0.2, 0) is 0 Å². The van der Waals surface area contributed by atoms with Crippen molar-refractivity contribution in [1.82, 2.24) is 4.98 Å². The molecule has 2 nitrogen and oxygen atoms in total. The van der Waals surface area contributed by atoms with E-state index in [1.807, 2.05) is 36.4 Å². The Bertz CT molecular complexity index is 583. The van der Waals surface area contributed by atoms with Crippen molar-refractivity contribution in [3.63, 3.8) is 0 Å². The summed E-state index contributed by atoms with van der Waals surface area (Å²) < 4.78 is 0. The average molecular weight is 204 g/mol. The Morgan fingerprint density at radius 3 is 2.31 bits per heavy atom. The molecular formula is C14H8N2. The van der Waals surface area contributed by atoms with Gasteiger partial charge in [0.1, 0.15) is 17.5 Å². The Morgan fingerprint density at radius 1 is 0.812 bits per heavy atom. The summed E-state index contributed by atoms with van der Waals surface area (Å²) in [4.78, 5) is 4.07. The number of nitriles is 1. The second-order valence-corrected chi connectivity index (χ2v) is 3.14. The van der Waals surface area contributed by atoms with Crippen LogP contribution < -0.4 is 0 Å². The highest BCUT2D eigenvalue weighted by Gasteiger charge is 1.92. The van der Waals surface area contributed by atoms with Crippen molar-refractivity contribution in [2.75, 3.05) is 0 Å². The van der Waals surface area contributed by atoms with Gasteiger partial charge in [-0.1, -0.05) is 30.2 Å². The maximum absolute atomic E-state index is 8.69. The summed E-state index contributed by atoms with van der Waals surface area (Å²) in [5, 5.41) is 8.69. The monoisotopic (exact) mass is 204 g/mol. The lowest BCUT2D eigenvalue weighted by atomic mass is 10.2. The zero-order valence-electron chi connectivity index (χ0n) is 8.51. The number of pyridine rings is 1. The summed E-state index contributed by atoms with van der Waals surface area (Å²) in [5.74, 6) is 5.91. The Morgan fingerprint density at radius 2 is 1.56 bits per heavy atom. The molecule has 0 fully saturated rings. The van der Waals surface area contributed by atoms with Crippen LogP contribution in [-0.4, -0.2) is 4.98 Å². The lowest BCUT2D eigenvalue weighted by molar-refractivity contribution is 1.23. The maximum Gasteiger partial charge on any atom is 0.141 e. The third-order valence-electron chi connectivity index (χ3n) is 1.97. The summed E-state index contributed by atoms with van der Waals surface area (Å²) >= 11 is 0. The zero-order valence-corrected chi connectivity index (χ0v) is 8.51. The predicted octanol–water partition coefficient (Wildman–Crippen LogP) is 2.35. The molecule has 0 aliphatic carbocycles. The minimum atomic E-state index is 0.389. The molecule has 1 heterocycles. The van der Waals surface area contributed by atoms with E-state index in [1.54, 1.807) is 18.2 Å². The van der Waals surface area contributed by atoms with Crippen molar-refractivity contribution < 1.29 is 0 Å². The van der Waals surface area contributed by atoms with Crippen molar-refractivity contribution >= 4 is 0 Å². The molecule has 0 saturated heterocycles. The number of aromatic nitrogens is 1. The van der Waals surface area contributed by atoms with Gasteiger partial charge in [0.05, 0.1) is 0 Å². The molecule has 2 heteroatoms. The highest BCUT2D eigenvalue weighted by molar-refractivity contribution is 5.40. The summed E-state index contributed by atoms with van der Waals surface area (Å²) in [7, 11) is 0. The van der Waals surface area contributed by atoms with Gasteiger partial charge in [-0.15, -0.1) is 0 Å².